The molecule has 2 N–H and O–H groups in total. The fourth-order valence-corrected chi connectivity index (χ4v) is 1.82. The first-order chi connectivity index (χ1) is 8.24. The maximum absolute atomic E-state index is 11.7. The van der Waals surface area contributed by atoms with Crippen molar-refractivity contribution in [3.8, 4) is 0 Å². The molecule has 2 heterocycles. The number of rotatable bonds is 3. The quantitative estimate of drug-likeness (QED) is 0.773. The van der Waals surface area contributed by atoms with Gasteiger partial charge >= 0.3 is 0 Å². The lowest BCUT2D eigenvalue weighted by Gasteiger charge is -2.23. The Kier molecular flexibility index (Phi) is 3.69. The van der Waals surface area contributed by atoms with Gasteiger partial charge in [0.05, 0.1) is 6.42 Å². The SMILES string of the molecule is O=C1CCC(NC(=O)Cc2ccncc2)CN1. The van der Waals surface area contributed by atoms with Gasteiger partial charge in [0, 0.05) is 31.4 Å². The zero-order chi connectivity index (χ0) is 12.1. The van der Waals surface area contributed by atoms with E-state index in [4.69, 9.17) is 0 Å². The summed E-state index contributed by atoms with van der Waals surface area (Å²) in [5, 5.41) is 5.65. The predicted molar refractivity (Wildman–Crippen MR) is 62.1 cm³/mol. The van der Waals surface area contributed by atoms with Crippen molar-refractivity contribution in [1.29, 1.82) is 0 Å². The summed E-state index contributed by atoms with van der Waals surface area (Å²) in [5.41, 5.74) is 0.942. The molecule has 17 heavy (non-hydrogen) atoms. The van der Waals surface area contributed by atoms with Crippen LogP contribution in [0.2, 0.25) is 0 Å². The van der Waals surface area contributed by atoms with Gasteiger partial charge in [-0.3, -0.25) is 14.6 Å². The van der Waals surface area contributed by atoms with E-state index in [1.165, 1.54) is 0 Å². The van der Waals surface area contributed by atoms with E-state index in [2.05, 4.69) is 15.6 Å². The Balaban J connectivity index is 1.80. The summed E-state index contributed by atoms with van der Waals surface area (Å²) in [6.45, 7) is 0.529. The molecule has 0 aromatic carbocycles. The monoisotopic (exact) mass is 233 g/mol. The van der Waals surface area contributed by atoms with E-state index >= 15 is 0 Å². The highest BCUT2D eigenvalue weighted by molar-refractivity contribution is 5.80. The molecule has 1 aromatic heterocycles. The highest BCUT2D eigenvalue weighted by atomic mass is 16.2. The van der Waals surface area contributed by atoms with Crippen molar-refractivity contribution in [2.45, 2.75) is 25.3 Å². The van der Waals surface area contributed by atoms with E-state index < -0.39 is 0 Å². The molecule has 1 atom stereocenters. The van der Waals surface area contributed by atoms with E-state index in [1.54, 1.807) is 12.4 Å². The summed E-state index contributed by atoms with van der Waals surface area (Å²) in [4.78, 5) is 26.6. The maximum Gasteiger partial charge on any atom is 0.224 e. The van der Waals surface area contributed by atoms with Crippen molar-refractivity contribution in [3.05, 3.63) is 30.1 Å². The van der Waals surface area contributed by atoms with E-state index in [-0.39, 0.29) is 17.9 Å². The molecule has 5 nitrogen and oxygen atoms in total. The first-order valence-corrected chi connectivity index (χ1v) is 5.69. The Bertz CT molecular complexity index is 395. The molecule has 0 bridgehead atoms. The molecule has 1 unspecified atom stereocenters. The minimum Gasteiger partial charge on any atom is -0.354 e. The van der Waals surface area contributed by atoms with Gasteiger partial charge in [-0.1, -0.05) is 0 Å². The molecule has 1 fully saturated rings. The van der Waals surface area contributed by atoms with Crippen LogP contribution in [0.25, 0.3) is 0 Å². The number of aromatic nitrogens is 1. The summed E-state index contributed by atoms with van der Waals surface area (Å²) in [6.07, 6.45) is 4.90. The Hall–Kier alpha value is -1.91. The molecule has 2 amide bonds. The van der Waals surface area contributed by atoms with Gasteiger partial charge in [-0.25, -0.2) is 0 Å². The summed E-state index contributed by atoms with van der Waals surface area (Å²) in [5.74, 6) is 0.0435. The summed E-state index contributed by atoms with van der Waals surface area (Å²) in [6, 6.07) is 3.70. The van der Waals surface area contributed by atoms with Crippen LogP contribution in [-0.2, 0) is 16.0 Å². The van der Waals surface area contributed by atoms with Gasteiger partial charge in [0.15, 0.2) is 0 Å². The van der Waals surface area contributed by atoms with Gasteiger partial charge in [-0.05, 0) is 24.1 Å². The number of pyridine rings is 1. The molecule has 0 aliphatic carbocycles. The van der Waals surface area contributed by atoms with Gasteiger partial charge in [0.2, 0.25) is 11.8 Å². The van der Waals surface area contributed by atoms with Gasteiger partial charge in [0.25, 0.3) is 0 Å². The molecule has 1 aliphatic rings. The van der Waals surface area contributed by atoms with Crippen molar-refractivity contribution in [2.24, 2.45) is 0 Å². The van der Waals surface area contributed by atoms with Crippen molar-refractivity contribution in [1.82, 2.24) is 15.6 Å². The van der Waals surface area contributed by atoms with E-state index in [0.29, 0.717) is 25.8 Å². The van der Waals surface area contributed by atoms with E-state index in [9.17, 15) is 9.59 Å². The van der Waals surface area contributed by atoms with Crippen LogP contribution in [0.3, 0.4) is 0 Å². The first kappa shape index (κ1) is 11.6. The second kappa shape index (κ2) is 5.43. The zero-order valence-corrected chi connectivity index (χ0v) is 9.48. The summed E-state index contributed by atoms with van der Waals surface area (Å²) >= 11 is 0. The number of nitrogens with one attached hydrogen (secondary N) is 2. The Morgan fingerprint density at radius 3 is 2.88 bits per heavy atom. The van der Waals surface area contributed by atoms with Crippen LogP contribution < -0.4 is 10.6 Å². The second-order valence-electron chi connectivity index (χ2n) is 4.14. The fraction of sp³-hybridized carbons (Fsp3) is 0.417. The molecule has 1 aromatic rings. The van der Waals surface area contributed by atoms with Crippen LogP contribution in [0.4, 0.5) is 0 Å². The van der Waals surface area contributed by atoms with Crippen molar-refractivity contribution in [3.63, 3.8) is 0 Å². The second-order valence-corrected chi connectivity index (χ2v) is 4.14. The average Bonchev–Trinajstić information content (AvgIpc) is 2.33. The maximum atomic E-state index is 11.7. The lowest BCUT2D eigenvalue weighted by atomic mass is 10.1. The van der Waals surface area contributed by atoms with E-state index in [1.807, 2.05) is 12.1 Å². The van der Waals surface area contributed by atoms with Gasteiger partial charge in [-0.2, -0.15) is 0 Å². The van der Waals surface area contributed by atoms with Crippen LogP contribution in [0.1, 0.15) is 18.4 Å². The highest BCUT2D eigenvalue weighted by Crippen LogP contribution is 2.04. The third kappa shape index (κ3) is 3.55. The minimum atomic E-state index is -0.0163. The summed E-state index contributed by atoms with van der Waals surface area (Å²) in [7, 11) is 0. The highest BCUT2D eigenvalue weighted by Gasteiger charge is 2.19. The molecule has 0 spiro atoms. The number of carbonyl (C=O) groups is 2. The molecular weight excluding hydrogens is 218 g/mol. The van der Waals surface area contributed by atoms with Crippen molar-refractivity contribution < 1.29 is 9.59 Å². The van der Waals surface area contributed by atoms with Gasteiger partial charge in [0.1, 0.15) is 0 Å². The Morgan fingerprint density at radius 2 is 2.24 bits per heavy atom. The fourth-order valence-electron chi connectivity index (χ4n) is 1.82. The lowest BCUT2D eigenvalue weighted by Crippen LogP contribution is -2.48. The number of hydrogen-bond donors (Lipinski definition) is 2. The van der Waals surface area contributed by atoms with Crippen LogP contribution in [-0.4, -0.2) is 29.4 Å². The number of nitrogens with zero attached hydrogens (tertiary/aromatic N) is 1. The third-order valence-electron chi connectivity index (χ3n) is 2.74. The molecule has 0 saturated carbocycles. The predicted octanol–water partition coefficient (Wildman–Crippen LogP) is 0.0189. The molecular formula is C12H15N3O2. The number of carbonyl (C=O) groups excluding carboxylic acids is 2. The van der Waals surface area contributed by atoms with Gasteiger partial charge in [-0.15, -0.1) is 0 Å². The van der Waals surface area contributed by atoms with E-state index in [0.717, 1.165) is 5.56 Å². The number of piperidine rings is 1. The third-order valence-corrected chi connectivity index (χ3v) is 2.74. The zero-order valence-electron chi connectivity index (χ0n) is 9.48. The van der Waals surface area contributed by atoms with Crippen LogP contribution in [0.15, 0.2) is 24.5 Å². The number of amides is 2. The molecule has 2 rings (SSSR count). The number of hydrogen-bond acceptors (Lipinski definition) is 3. The summed E-state index contributed by atoms with van der Waals surface area (Å²) < 4.78 is 0. The normalized spacial score (nSPS) is 19.5. The van der Waals surface area contributed by atoms with Gasteiger partial charge < -0.3 is 10.6 Å². The standard InChI is InChI=1S/C12H15N3O2/c16-11-2-1-10(8-14-11)15-12(17)7-9-3-5-13-6-4-9/h3-6,10H,1-2,7-8H2,(H,14,16)(H,15,17). The van der Waals surface area contributed by atoms with Crippen LogP contribution in [0, 0.1) is 0 Å². The molecule has 1 saturated heterocycles. The molecule has 0 radical (unpaired) electrons. The minimum absolute atomic E-state index is 0.0163. The van der Waals surface area contributed by atoms with Crippen LogP contribution >= 0.6 is 0 Å². The first-order valence-electron chi connectivity index (χ1n) is 5.69. The largest absolute Gasteiger partial charge is 0.354 e. The topological polar surface area (TPSA) is 71.1 Å². The smallest absolute Gasteiger partial charge is 0.224 e. The lowest BCUT2D eigenvalue weighted by molar-refractivity contribution is -0.125. The Labute approximate surface area is 99.6 Å². The van der Waals surface area contributed by atoms with Crippen molar-refractivity contribution >= 4 is 11.8 Å². The Morgan fingerprint density at radius 1 is 1.47 bits per heavy atom. The molecule has 5 heteroatoms. The average molecular weight is 233 g/mol. The van der Waals surface area contributed by atoms with Crippen molar-refractivity contribution in [2.75, 3.05) is 6.54 Å². The molecule has 90 valence electrons. The molecule has 1 aliphatic heterocycles. The van der Waals surface area contributed by atoms with Crippen LogP contribution in [0.5, 0.6) is 0 Å².